The summed E-state index contributed by atoms with van der Waals surface area (Å²) in [5.74, 6) is -2.15. The maximum atomic E-state index is 12.8. The molecule has 1 aromatic carbocycles. The number of benzene rings is 1. The summed E-state index contributed by atoms with van der Waals surface area (Å²) >= 11 is 3.29. The number of urea groups is 1. The van der Waals surface area contributed by atoms with Crippen molar-refractivity contribution in [3.05, 3.63) is 34.3 Å². The topological polar surface area (TPSA) is 108 Å². The van der Waals surface area contributed by atoms with Crippen molar-refractivity contribution >= 4 is 45.9 Å². The lowest BCUT2D eigenvalue weighted by Gasteiger charge is -2.36. The molecule has 0 radical (unpaired) electrons. The predicted octanol–water partition coefficient (Wildman–Crippen LogP) is 2.05. The van der Waals surface area contributed by atoms with Crippen LogP contribution in [0.5, 0.6) is 0 Å². The number of rotatable bonds is 4. The van der Waals surface area contributed by atoms with Gasteiger partial charge in [0.25, 0.3) is 5.91 Å². The van der Waals surface area contributed by atoms with Gasteiger partial charge in [0.05, 0.1) is 0 Å². The third kappa shape index (κ3) is 3.46. The molecule has 0 aromatic heterocycles. The molecule has 1 aliphatic heterocycles. The van der Waals surface area contributed by atoms with Gasteiger partial charge in [-0.2, -0.15) is 5.10 Å². The van der Waals surface area contributed by atoms with Crippen LogP contribution in [0, 0.1) is 17.8 Å². The Hall–Kier alpha value is -2.55. The Morgan fingerprint density at radius 2 is 1.93 bits per heavy atom. The summed E-state index contributed by atoms with van der Waals surface area (Å²) < 4.78 is 0.836. The molecule has 2 N–H and O–H groups in total. The fourth-order valence-corrected chi connectivity index (χ4v) is 4.68. The number of hydrogen-bond acceptors (Lipinski definition) is 5. The van der Waals surface area contributed by atoms with Crippen molar-refractivity contribution in [3.8, 4) is 0 Å². The summed E-state index contributed by atoms with van der Waals surface area (Å²) in [5.41, 5.74) is 2.70. The number of amides is 5. The van der Waals surface area contributed by atoms with Crippen LogP contribution in [0.15, 0.2) is 33.8 Å². The summed E-state index contributed by atoms with van der Waals surface area (Å²) in [5, 5.41) is 6.01. The van der Waals surface area contributed by atoms with Crippen LogP contribution in [0.1, 0.15) is 36.0 Å². The fraction of sp³-hybridized carbons (Fsp3) is 0.421. The van der Waals surface area contributed by atoms with Crippen LogP contribution in [0.25, 0.3) is 0 Å². The number of fused-ring (bicyclic) bond motifs is 2. The number of halogens is 1. The first kappa shape index (κ1) is 18.8. The van der Waals surface area contributed by atoms with E-state index >= 15 is 0 Å². The lowest BCUT2D eigenvalue weighted by atomic mass is 9.92. The van der Waals surface area contributed by atoms with E-state index in [-0.39, 0.29) is 6.04 Å². The van der Waals surface area contributed by atoms with Crippen LogP contribution in [0.2, 0.25) is 0 Å². The smallest absolute Gasteiger partial charge is 0.277 e. The van der Waals surface area contributed by atoms with Gasteiger partial charge in [0, 0.05) is 22.3 Å². The van der Waals surface area contributed by atoms with Gasteiger partial charge in [-0.25, -0.2) is 10.2 Å². The molecule has 1 saturated heterocycles. The van der Waals surface area contributed by atoms with Crippen molar-refractivity contribution in [2.24, 2.45) is 22.9 Å². The summed E-state index contributed by atoms with van der Waals surface area (Å²) in [4.78, 5) is 50.5. The van der Waals surface area contributed by atoms with E-state index < -0.39 is 29.7 Å². The van der Waals surface area contributed by atoms with Crippen LogP contribution in [0.3, 0.4) is 0 Å². The van der Waals surface area contributed by atoms with Gasteiger partial charge < -0.3 is 0 Å². The molecule has 2 saturated carbocycles. The summed E-state index contributed by atoms with van der Waals surface area (Å²) in [6.07, 6.45) is 5.04. The molecule has 0 unspecified atom stereocenters. The Morgan fingerprint density at radius 3 is 2.57 bits per heavy atom. The third-order valence-electron chi connectivity index (χ3n) is 5.76. The summed E-state index contributed by atoms with van der Waals surface area (Å²) in [6, 6.07) is 5.85. The Labute approximate surface area is 169 Å². The standard InChI is InChI=1S/C19H19BrN4O4/c20-13-5-3-11(4-6-13)16(25)23-21-9-14-17(26)22-19(28)24(18(14)27)15-8-10-1-2-12(15)7-10/h3-6,9-10,12,14-15H,1-2,7-8H2,(H,23,25)(H,22,26,28)/b21-9-/t10-,12-,14-,15-/m0/s1. The predicted molar refractivity (Wildman–Crippen MR) is 103 cm³/mol. The Bertz CT molecular complexity index is 869. The van der Waals surface area contributed by atoms with Gasteiger partial charge in [0.15, 0.2) is 5.92 Å². The minimum atomic E-state index is -1.23. The van der Waals surface area contributed by atoms with Crippen LogP contribution >= 0.6 is 15.9 Å². The first-order chi connectivity index (χ1) is 13.4. The molecule has 8 nitrogen and oxygen atoms in total. The van der Waals surface area contributed by atoms with Gasteiger partial charge in [-0.3, -0.25) is 24.6 Å². The van der Waals surface area contributed by atoms with Gasteiger partial charge in [0.2, 0.25) is 11.8 Å². The molecule has 5 amide bonds. The average Bonchev–Trinajstić information content (AvgIpc) is 3.28. The van der Waals surface area contributed by atoms with Gasteiger partial charge in [-0.15, -0.1) is 0 Å². The highest BCUT2D eigenvalue weighted by atomic mass is 79.9. The number of nitrogens with one attached hydrogen (secondary N) is 2. The Kier molecular flexibility index (Phi) is 5.01. The van der Waals surface area contributed by atoms with E-state index in [1.54, 1.807) is 24.3 Å². The molecule has 28 heavy (non-hydrogen) atoms. The minimum absolute atomic E-state index is 0.160. The molecule has 1 aromatic rings. The molecule has 9 heteroatoms. The molecular weight excluding hydrogens is 428 g/mol. The van der Waals surface area contributed by atoms with Crippen molar-refractivity contribution < 1.29 is 19.2 Å². The van der Waals surface area contributed by atoms with E-state index in [0.717, 1.165) is 36.4 Å². The molecule has 0 spiro atoms. The lowest BCUT2D eigenvalue weighted by molar-refractivity contribution is -0.141. The van der Waals surface area contributed by atoms with E-state index in [1.165, 1.54) is 4.90 Å². The first-order valence-electron chi connectivity index (χ1n) is 9.21. The second-order valence-electron chi connectivity index (χ2n) is 7.45. The molecule has 2 aliphatic carbocycles. The second kappa shape index (κ2) is 7.46. The maximum Gasteiger partial charge on any atom is 0.331 e. The largest absolute Gasteiger partial charge is 0.331 e. The van der Waals surface area contributed by atoms with Crippen molar-refractivity contribution in [1.29, 1.82) is 0 Å². The van der Waals surface area contributed by atoms with Gasteiger partial charge in [-0.05, 0) is 55.4 Å². The maximum absolute atomic E-state index is 12.8. The van der Waals surface area contributed by atoms with Gasteiger partial charge in [0.1, 0.15) is 0 Å². The number of nitrogens with zero attached hydrogens (tertiary/aromatic N) is 2. The number of carbonyl (C=O) groups excluding carboxylic acids is 4. The normalized spacial score (nSPS) is 29.5. The second-order valence-corrected chi connectivity index (χ2v) is 8.36. The quantitative estimate of drug-likeness (QED) is 0.419. The SMILES string of the molecule is O=C(N/N=C\[C@H]1C(=O)NC(=O)N([C@H]2C[C@H]3CC[C@H]2C3)C1=O)c1ccc(Br)cc1. The zero-order valence-corrected chi connectivity index (χ0v) is 16.5. The summed E-state index contributed by atoms with van der Waals surface area (Å²) in [6.45, 7) is 0. The minimum Gasteiger partial charge on any atom is -0.277 e. The zero-order valence-electron chi connectivity index (χ0n) is 14.9. The number of hydrogen-bond donors (Lipinski definition) is 2. The van der Waals surface area contributed by atoms with E-state index in [2.05, 4.69) is 31.8 Å². The molecule has 3 aliphatic rings. The molecule has 1 heterocycles. The lowest BCUT2D eigenvalue weighted by Crippen LogP contribution is -2.62. The van der Waals surface area contributed by atoms with Crippen molar-refractivity contribution in [1.82, 2.24) is 15.6 Å². The highest BCUT2D eigenvalue weighted by Gasteiger charge is 2.50. The highest BCUT2D eigenvalue weighted by Crippen LogP contribution is 2.47. The van der Waals surface area contributed by atoms with Gasteiger partial charge >= 0.3 is 6.03 Å². The van der Waals surface area contributed by atoms with Crippen LogP contribution in [-0.2, 0) is 9.59 Å². The summed E-state index contributed by atoms with van der Waals surface area (Å²) in [7, 11) is 0. The molecule has 146 valence electrons. The number of imide groups is 2. The molecule has 2 bridgehead atoms. The first-order valence-corrected chi connectivity index (χ1v) is 10.0. The van der Waals surface area contributed by atoms with E-state index in [9.17, 15) is 19.2 Å². The Balaban J connectivity index is 1.44. The van der Waals surface area contributed by atoms with Crippen LogP contribution < -0.4 is 10.7 Å². The van der Waals surface area contributed by atoms with Crippen molar-refractivity contribution in [2.45, 2.75) is 31.7 Å². The van der Waals surface area contributed by atoms with Crippen LogP contribution in [-0.4, -0.2) is 40.9 Å². The van der Waals surface area contributed by atoms with Crippen molar-refractivity contribution in [2.75, 3.05) is 0 Å². The fourth-order valence-electron chi connectivity index (χ4n) is 4.41. The average molecular weight is 447 g/mol. The van der Waals surface area contributed by atoms with Gasteiger partial charge in [-0.1, -0.05) is 22.4 Å². The molecule has 4 rings (SSSR count). The third-order valence-corrected chi connectivity index (χ3v) is 6.29. The highest BCUT2D eigenvalue weighted by molar-refractivity contribution is 9.10. The van der Waals surface area contributed by atoms with Crippen LogP contribution in [0.4, 0.5) is 4.79 Å². The van der Waals surface area contributed by atoms with Crippen molar-refractivity contribution in [3.63, 3.8) is 0 Å². The van der Waals surface area contributed by atoms with E-state index in [1.807, 2.05) is 0 Å². The molecule has 3 fully saturated rings. The number of hydrazone groups is 1. The zero-order chi connectivity index (χ0) is 19.8. The Morgan fingerprint density at radius 1 is 1.18 bits per heavy atom. The molecular formula is C19H19BrN4O4. The van der Waals surface area contributed by atoms with E-state index in [4.69, 9.17) is 0 Å². The molecule has 4 atom stereocenters. The number of barbiturate groups is 1. The monoisotopic (exact) mass is 446 g/mol. The number of carbonyl (C=O) groups is 4. The van der Waals surface area contributed by atoms with E-state index in [0.29, 0.717) is 17.4 Å².